The van der Waals surface area contributed by atoms with Crippen molar-refractivity contribution in [1.29, 1.82) is 0 Å². The fourth-order valence-corrected chi connectivity index (χ4v) is 3.66. The third-order valence-electron chi connectivity index (χ3n) is 4.35. The number of carbonyl (C=O) groups excluding carboxylic acids is 1. The molecule has 1 aliphatic heterocycles. The standard InChI is InChI=1S/C20H23NO7S/c1-13(2)29(24,25)17-6-3-14(4-7-17)20(23)21-10-15(22)11-26-16-5-8-18-19(9-16)28-12-27-18/h3-9,13,15,22H,10-12H2,1-2H3,(H,21,23). The highest BCUT2D eigenvalue weighted by Crippen LogP contribution is 2.35. The van der Waals surface area contributed by atoms with Crippen LogP contribution in [0.25, 0.3) is 0 Å². The Labute approximate surface area is 169 Å². The number of nitrogens with one attached hydrogen (secondary N) is 1. The zero-order chi connectivity index (χ0) is 21.0. The first-order valence-electron chi connectivity index (χ1n) is 9.10. The van der Waals surface area contributed by atoms with Crippen LogP contribution in [-0.2, 0) is 9.84 Å². The van der Waals surface area contributed by atoms with Crippen molar-refractivity contribution < 1.29 is 32.5 Å². The number of aliphatic hydroxyl groups excluding tert-OH is 1. The van der Waals surface area contributed by atoms with Crippen molar-refractivity contribution in [1.82, 2.24) is 5.32 Å². The minimum Gasteiger partial charge on any atom is -0.491 e. The highest BCUT2D eigenvalue weighted by Gasteiger charge is 2.19. The Balaban J connectivity index is 1.48. The average Bonchev–Trinajstić information content (AvgIpc) is 3.18. The van der Waals surface area contributed by atoms with Crippen LogP contribution in [0.4, 0.5) is 0 Å². The van der Waals surface area contributed by atoms with Gasteiger partial charge in [-0.15, -0.1) is 0 Å². The molecule has 0 saturated heterocycles. The molecule has 1 aliphatic rings. The molecule has 9 heteroatoms. The van der Waals surface area contributed by atoms with Gasteiger partial charge in [0.1, 0.15) is 18.5 Å². The number of benzene rings is 2. The Morgan fingerprint density at radius 2 is 1.83 bits per heavy atom. The molecule has 2 aromatic rings. The zero-order valence-corrected chi connectivity index (χ0v) is 16.9. The van der Waals surface area contributed by atoms with E-state index in [-0.39, 0.29) is 24.8 Å². The number of ether oxygens (including phenoxy) is 3. The first-order chi connectivity index (χ1) is 13.8. The zero-order valence-electron chi connectivity index (χ0n) is 16.1. The van der Waals surface area contributed by atoms with Crippen LogP contribution in [0.3, 0.4) is 0 Å². The quantitative estimate of drug-likeness (QED) is 0.668. The van der Waals surface area contributed by atoms with Gasteiger partial charge in [0.2, 0.25) is 6.79 Å². The Morgan fingerprint density at radius 3 is 2.52 bits per heavy atom. The second-order valence-electron chi connectivity index (χ2n) is 6.81. The van der Waals surface area contributed by atoms with Gasteiger partial charge in [0.15, 0.2) is 21.3 Å². The topological polar surface area (TPSA) is 111 Å². The van der Waals surface area contributed by atoms with Crippen LogP contribution in [-0.4, -0.2) is 50.7 Å². The van der Waals surface area contributed by atoms with Crippen molar-refractivity contribution in [2.24, 2.45) is 0 Å². The molecule has 0 aliphatic carbocycles. The number of carbonyl (C=O) groups is 1. The van der Waals surface area contributed by atoms with Crippen LogP contribution in [0.2, 0.25) is 0 Å². The van der Waals surface area contributed by atoms with Crippen molar-refractivity contribution in [3.8, 4) is 17.2 Å². The minimum atomic E-state index is -3.39. The van der Waals surface area contributed by atoms with Gasteiger partial charge < -0.3 is 24.6 Å². The Bertz CT molecular complexity index is 971. The summed E-state index contributed by atoms with van der Waals surface area (Å²) >= 11 is 0. The highest BCUT2D eigenvalue weighted by molar-refractivity contribution is 7.92. The van der Waals surface area contributed by atoms with Gasteiger partial charge in [0.25, 0.3) is 5.91 Å². The lowest BCUT2D eigenvalue weighted by molar-refractivity contribution is 0.0843. The highest BCUT2D eigenvalue weighted by atomic mass is 32.2. The summed E-state index contributed by atoms with van der Waals surface area (Å²) < 4.78 is 40.2. The number of amides is 1. The summed E-state index contributed by atoms with van der Waals surface area (Å²) in [4.78, 5) is 12.4. The molecule has 1 amide bonds. The van der Waals surface area contributed by atoms with E-state index >= 15 is 0 Å². The lowest BCUT2D eigenvalue weighted by atomic mass is 10.2. The molecule has 1 unspecified atom stereocenters. The minimum absolute atomic E-state index is 0.0184. The summed E-state index contributed by atoms with van der Waals surface area (Å²) in [6.07, 6.45) is -0.926. The Morgan fingerprint density at radius 1 is 1.14 bits per heavy atom. The van der Waals surface area contributed by atoms with Crippen LogP contribution < -0.4 is 19.5 Å². The van der Waals surface area contributed by atoms with Crippen LogP contribution in [0.1, 0.15) is 24.2 Å². The number of hydrogen-bond acceptors (Lipinski definition) is 7. The average molecular weight is 421 g/mol. The maximum Gasteiger partial charge on any atom is 0.251 e. The van der Waals surface area contributed by atoms with Crippen molar-refractivity contribution in [2.75, 3.05) is 19.9 Å². The van der Waals surface area contributed by atoms with Crippen molar-refractivity contribution in [2.45, 2.75) is 30.1 Å². The molecule has 0 radical (unpaired) electrons. The normalized spacial score (nSPS) is 13.9. The Hall–Kier alpha value is -2.78. The van der Waals surface area contributed by atoms with E-state index in [9.17, 15) is 18.3 Å². The second kappa shape index (κ2) is 8.71. The third kappa shape index (κ3) is 4.99. The summed E-state index contributed by atoms with van der Waals surface area (Å²) in [7, 11) is -3.39. The van der Waals surface area contributed by atoms with Crippen molar-refractivity contribution >= 4 is 15.7 Å². The molecule has 1 heterocycles. The molecule has 2 N–H and O–H groups in total. The molecule has 8 nitrogen and oxygen atoms in total. The smallest absolute Gasteiger partial charge is 0.251 e. The summed E-state index contributed by atoms with van der Waals surface area (Å²) in [6, 6.07) is 10.8. The summed E-state index contributed by atoms with van der Waals surface area (Å²) in [5.41, 5.74) is 0.302. The van der Waals surface area contributed by atoms with Crippen LogP contribution >= 0.6 is 0 Å². The van der Waals surface area contributed by atoms with E-state index < -0.39 is 27.1 Å². The third-order valence-corrected chi connectivity index (χ3v) is 6.52. The molecule has 0 spiro atoms. The molecule has 0 aromatic heterocycles. The predicted octanol–water partition coefficient (Wildman–Crippen LogP) is 1.77. The fourth-order valence-electron chi connectivity index (χ4n) is 2.60. The molecule has 0 bridgehead atoms. The van der Waals surface area contributed by atoms with E-state index in [0.29, 0.717) is 22.8 Å². The van der Waals surface area contributed by atoms with E-state index in [2.05, 4.69) is 5.32 Å². The monoisotopic (exact) mass is 421 g/mol. The predicted molar refractivity (Wildman–Crippen MR) is 105 cm³/mol. The van der Waals surface area contributed by atoms with Gasteiger partial charge in [0.05, 0.1) is 10.1 Å². The van der Waals surface area contributed by atoms with Crippen molar-refractivity contribution in [3.05, 3.63) is 48.0 Å². The van der Waals surface area contributed by atoms with Gasteiger partial charge in [-0.3, -0.25) is 4.79 Å². The molecule has 1 atom stereocenters. The lowest BCUT2D eigenvalue weighted by Gasteiger charge is -2.14. The van der Waals surface area contributed by atoms with Crippen LogP contribution in [0, 0.1) is 0 Å². The number of sulfone groups is 1. The van der Waals surface area contributed by atoms with E-state index in [1.54, 1.807) is 32.0 Å². The van der Waals surface area contributed by atoms with E-state index in [0.717, 1.165) is 0 Å². The lowest BCUT2D eigenvalue weighted by Crippen LogP contribution is -2.35. The van der Waals surface area contributed by atoms with E-state index in [4.69, 9.17) is 14.2 Å². The van der Waals surface area contributed by atoms with E-state index in [1.807, 2.05) is 0 Å². The van der Waals surface area contributed by atoms with Gasteiger partial charge >= 0.3 is 0 Å². The van der Waals surface area contributed by atoms with Gasteiger partial charge in [0, 0.05) is 18.2 Å². The summed E-state index contributed by atoms with van der Waals surface area (Å²) in [5, 5.41) is 12.1. The first-order valence-corrected chi connectivity index (χ1v) is 10.6. The maximum atomic E-state index is 12.2. The van der Waals surface area contributed by atoms with Crippen molar-refractivity contribution in [3.63, 3.8) is 0 Å². The van der Waals surface area contributed by atoms with Crippen LogP contribution in [0.5, 0.6) is 17.2 Å². The molecule has 0 fully saturated rings. The molecule has 29 heavy (non-hydrogen) atoms. The largest absolute Gasteiger partial charge is 0.491 e. The van der Waals surface area contributed by atoms with Gasteiger partial charge in [-0.2, -0.15) is 0 Å². The molecule has 2 aromatic carbocycles. The molecule has 156 valence electrons. The fraction of sp³-hybridized carbons (Fsp3) is 0.350. The molecule has 0 saturated carbocycles. The number of rotatable bonds is 8. The number of aliphatic hydroxyl groups is 1. The number of fused-ring (bicyclic) bond motifs is 1. The summed E-state index contributed by atoms with van der Waals surface area (Å²) in [6.45, 7) is 3.32. The van der Waals surface area contributed by atoms with Gasteiger partial charge in [-0.05, 0) is 50.2 Å². The van der Waals surface area contributed by atoms with Gasteiger partial charge in [-0.25, -0.2) is 8.42 Å². The maximum absolute atomic E-state index is 12.2. The summed E-state index contributed by atoms with van der Waals surface area (Å²) in [5.74, 6) is 1.31. The molecular formula is C20H23NO7S. The SMILES string of the molecule is CC(C)S(=O)(=O)c1ccc(C(=O)NCC(O)COc2ccc3c(c2)OCO3)cc1. The molecular weight excluding hydrogens is 398 g/mol. The first kappa shape index (κ1) is 20.9. The molecule has 3 rings (SSSR count). The second-order valence-corrected chi connectivity index (χ2v) is 9.31. The Kier molecular flexibility index (Phi) is 6.29. The van der Waals surface area contributed by atoms with E-state index in [1.165, 1.54) is 24.3 Å². The van der Waals surface area contributed by atoms with Gasteiger partial charge in [-0.1, -0.05) is 0 Å². The van der Waals surface area contributed by atoms with Crippen LogP contribution in [0.15, 0.2) is 47.4 Å². The number of hydrogen-bond donors (Lipinski definition) is 2.